The van der Waals surface area contributed by atoms with E-state index in [1.54, 1.807) is 11.3 Å². The summed E-state index contributed by atoms with van der Waals surface area (Å²) in [5, 5.41) is 6.67. The van der Waals surface area contributed by atoms with Crippen molar-refractivity contribution >= 4 is 29.7 Å². The fraction of sp³-hybridized carbons (Fsp3) is 0.524. The van der Waals surface area contributed by atoms with Crippen molar-refractivity contribution in [3.05, 3.63) is 40.9 Å². The van der Waals surface area contributed by atoms with Crippen molar-refractivity contribution in [2.45, 2.75) is 63.6 Å². The molecule has 4 nitrogen and oxygen atoms in total. The molecule has 0 spiro atoms. The van der Waals surface area contributed by atoms with E-state index in [1.165, 1.54) is 18.4 Å². The van der Waals surface area contributed by atoms with E-state index in [2.05, 4.69) is 36.5 Å². The molecule has 2 unspecified atom stereocenters. The number of aromatic nitrogens is 1. The highest BCUT2D eigenvalue weighted by molar-refractivity contribution is 7.13. The fourth-order valence-electron chi connectivity index (χ4n) is 4.23. The number of thiazole rings is 1. The zero-order valence-corrected chi connectivity index (χ0v) is 17.6. The Balaban J connectivity index is 0.00000210. The Kier molecular flexibility index (Phi) is 6.56. The zero-order valence-electron chi connectivity index (χ0n) is 16.0. The number of fused-ring (bicyclic) bond motifs is 2. The van der Waals surface area contributed by atoms with Gasteiger partial charge in [0.1, 0.15) is 5.01 Å². The summed E-state index contributed by atoms with van der Waals surface area (Å²) in [6.07, 6.45) is 6.14. The maximum Gasteiger partial charge on any atom is 0.228 e. The van der Waals surface area contributed by atoms with Gasteiger partial charge in [0, 0.05) is 36.1 Å². The van der Waals surface area contributed by atoms with Gasteiger partial charge in [-0.2, -0.15) is 0 Å². The number of aryl methyl sites for hydroxylation is 1. The van der Waals surface area contributed by atoms with Crippen molar-refractivity contribution in [3.63, 3.8) is 0 Å². The molecule has 2 aliphatic rings. The van der Waals surface area contributed by atoms with Crippen LogP contribution in [0.3, 0.4) is 0 Å². The molecular weight excluding hydrogens is 378 g/mol. The number of amides is 1. The molecule has 2 saturated heterocycles. The number of likely N-dealkylation sites (N-methyl/N-ethyl adjacent to an activating group) is 1. The Bertz CT molecular complexity index is 764. The molecule has 2 atom stereocenters. The van der Waals surface area contributed by atoms with Gasteiger partial charge in [-0.05, 0) is 37.7 Å². The van der Waals surface area contributed by atoms with E-state index in [4.69, 9.17) is 4.98 Å². The van der Waals surface area contributed by atoms with E-state index < -0.39 is 0 Å². The third-order valence-corrected chi connectivity index (χ3v) is 6.82. The maximum atomic E-state index is 12.7. The molecular formula is C21H28ClN3OS. The number of piperidine rings is 1. The summed E-state index contributed by atoms with van der Waals surface area (Å²) >= 11 is 1.62. The Hall–Kier alpha value is -1.43. The van der Waals surface area contributed by atoms with Crippen LogP contribution in [-0.4, -0.2) is 41.0 Å². The number of nitrogens with one attached hydrogen (secondary N) is 1. The van der Waals surface area contributed by atoms with Gasteiger partial charge in [-0.3, -0.25) is 4.79 Å². The number of benzene rings is 1. The van der Waals surface area contributed by atoms with Gasteiger partial charge in [0.25, 0.3) is 0 Å². The third kappa shape index (κ3) is 4.53. The van der Waals surface area contributed by atoms with E-state index >= 15 is 0 Å². The average molecular weight is 406 g/mol. The normalized spacial score (nSPS) is 23.7. The summed E-state index contributed by atoms with van der Waals surface area (Å²) < 4.78 is 0. The molecule has 2 aliphatic heterocycles. The predicted octanol–water partition coefficient (Wildman–Crippen LogP) is 4.08. The third-order valence-electron chi connectivity index (χ3n) is 5.88. The van der Waals surface area contributed by atoms with Crippen LogP contribution in [0.4, 0.5) is 0 Å². The summed E-state index contributed by atoms with van der Waals surface area (Å²) in [4.78, 5) is 19.4. The summed E-state index contributed by atoms with van der Waals surface area (Å²) in [5.41, 5.74) is 3.35. The molecule has 1 aromatic heterocycles. The second kappa shape index (κ2) is 8.72. The molecule has 27 heavy (non-hydrogen) atoms. The number of hydrogen-bond donors (Lipinski definition) is 1. The van der Waals surface area contributed by atoms with Crippen LogP contribution in [0.1, 0.15) is 43.9 Å². The molecule has 3 heterocycles. The summed E-state index contributed by atoms with van der Waals surface area (Å²) in [7, 11) is 1.97. The largest absolute Gasteiger partial charge is 0.342 e. The summed E-state index contributed by atoms with van der Waals surface area (Å²) in [6, 6.07) is 10.1. The first-order valence-electron chi connectivity index (χ1n) is 9.67. The molecule has 4 rings (SSSR count). The zero-order chi connectivity index (χ0) is 18.1. The van der Waals surface area contributed by atoms with Crippen molar-refractivity contribution in [2.24, 2.45) is 0 Å². The minimum absolute atomic E-state index is 0. The minimum Gasteiger partial charge on any atom is -0.342 e. The number of hydrogen-bond acceptors (Lipinski definition) is 4. The van der Waals surface area contributed by atoms with Crippen molar-refractivity contribution in [1.29, 1.82) is 0 Å². The van der Waals surface area contributed by atoms with Gasteiger partial charge >= 0.3 is 0 Å². The lowest BCUT2D eigenvalue weighted by molar-refractivity contribution is -0.132. The Labute approximate surface area is 171 Å². The van der Waals surface area contributed by atoms with Crippen LogP contribution in [-0.2, 0) is 17.6 Å². The van der Waals surface area contributed by atoms with E-state index in [-0.39, 0.29) is 18.3 Å². The standard InChI is InChI=1S/C21H27N3OS.ClH/c1-3-14-4-6-15(7-5-14)21-23-18(13-26-21)12-20(25)24(2)19-10-16-8-9-17(11-19)22-16;/h4-7,13,16-17,19,22H,3,8-12H2,1-2H3;1H. The number of carbonyl (C=O) groups is 1. The Morgan fingerprint density at radius 2 is 1.89 bits per heavy atom. The average Bonchev–Trinajstić information content (AvgIpc) is 3.27. The highest BCUT2D eigenvalue weighted by atomic mass is 35.5. The van der Waals surface area contributed by atoms with Crippen LogP contribution in [0.25, 0.3) is 10.6 Å². The van der Waals surface area contributed by atoms with Gasteiger partial charge in [0.15, 0.2) is 0 Å². The van der Waals surface area contributed by atoms with Crippen LogP contribution in [0.2, 0.25) is 0 Å². The lowest BCUT2D eigenvalue weighted by Crippen LogP contribution is -2.49. The van der Waals surface area contributed by atoms with Crippen molar-refractivity contribution < 1.29 is 4.79 Å². The number of carbonyl (C=O) groups excluding carboxylic acids is 1. The molecule has 1 N–H and O–H groups in total. The smallest absolute Gasteiger partial charge is 0.228 e. The van der Waals surface area contributed by atoms with E-state index in [1.807, 2.05) is 17.3 Å². The molecule has 2 fully saturated rings. The lowest BCUT2D eigenvalue weighted by atomic mass is 9.98. The topological polar surface area (TPSA) is 45.2 Å². The van der Waals surface area contributed by atoms with Gasteiger partial charge in [-0.25, -0.2) is 4.98 Å². The first kappa shape index (κ1) is 20.3. The van der Waals surface area contributed by atoms with Gasteiger partial charge in [-0.15, -0.1) is 23.7 Å². The van der Waals surface area contributed by atoms with E-state index in [0.29, 0.717) is 24.5 Å². The van der Waals surface area contributed by atoms with Gasteiger partial charge in [0.05, 0.1) is 12.1 Å². The molecule has 0 aliphatic carbocycles. The molecule has 6 heteroatoms. The van der Waals surface area contributed by atoms with E-state index in [9.17, 15) is 4.79 Å². The monoisotopic (exact) mass is 405 g/mol. The molecule has 2 bridgehead atoms. The first-order chi connectivity index (χ1) is 12.6. The SMILES string of the molecule is CCc1ccc(-c2nc(CC(=O)N(C)C3CC4CCC(C3)N4)cs2)cc1.Cl. The summed E-state index contributed by atoms with van der Waals surface area (Å²) in [6.45, 7) is 2.16. The first-order valence-corrected chi connectivity index (χ1v) is 10.6. The molecule has 2 aromatic rings. The Morgan fingerprint density at radius 1 is 1.22 bits per heavy atom. The Morgan fingerprint density at radius 3 is 2.52 bits per heavy atom. The molecule has 1 aromatic carbocycles. The quantitative estimate of drug-likeness (QED) is 0.815. The fourth-order valence-corrected chi connectivity index (χ4v) is 5.06. The number of nitrogens with zero attached hydrogens (tertiary/aromatic N) is 2. The van der Waals surface area contributed by atoms with Crippen LogP contribution in [0, 0.1) is 0 Å². The van der Waals surface area contributed by atoms with E-state index in [0.717, 1.165) is 35.5 Å². The van der Waals surface area contributed by atoms with Gasteiger partial charge in [0.2, 0.25) is 5.91 Å². The predicted molar refractivity (Wildman–Crippen MR) is 114 cm³/mol. The van der Waals surface area contributed by atoms with Crippen LogP contribution < -0.4 is 5.32 Å². The highest BCUT2D eigenvalue weighted by Gasteiger charge is 2.36. The second-order valence-corrected chi connectivity index (χ2v) is 8.50. The van der Waals surface area contributed by atoms with Gasteiger partial charge < -0.3 is 10.2 Å². The van der Waals surface area contributed by atoms with Crippen molar-refractivity contribution in [2.75, 3.05) is 7.05 Å². The second-order valence-electron chi connectivity index (χ2n) is 7.64. The maximum absolute atomic E-state index is 12.7. The number of halogens is 1. The van der Waals surface area contributed by atoms with Crippen LogP contribution in [0.15, 0.2) is 29.6 Å². The molecule has 0 saturated carbocycles. The number of rotatable bonds is 5. The molecule has 0 radical (unpaired) electrons. The van der Waals surface area contributed by atoms with Crippen molar-refractivity contribution in [1.82, 2.24) is 15.2 Å². The van der Waals surface area contributed by atoms with Crippen LogP contribution in [0.5, 0.6) is 0 Å². The highest BCUT2D eigenvalue weighted by Crippen LogP contribution is 2.30. The lowest BCUT2D eigenvalue weighted by Gasteiger charge is -2.35. The summed E-state index contributed by atoms with van der Waals surface area (Å²) in [5.74, 6) is 0.189. The van der Waals surface area contributed by atoms with Crippen molar-refractivity contribution in [3.8, 4) is 10.6 Å². The van der Waals surface area contributed by atoms with Crippen LogP contribution >= 0.6 is 23.7 Å². The minimum atomic E-state index is 0. The molecule has 146 valence electrons. The molecule has 1 amide bonds. The van der Waals surface area contributed by atoms with Gasteiger partial charge in [-0.1, -0.05) is 31.2 Å².